The molecule has 110 valence electrons. The molecule has 0 spiro atoms. The number of rotatable bonds is 1. The van der Waals surface area contributed by atoms with Crippen LogP contribution in [0.2, 0.25) is 0 Å². The molecule has 3 rings (SSSR count). The van der Waals surface area contributed by atoms with Crippen LogP contribution in [-0.4, -0.2) is 34.5 Å². The van der Waals surface area contributed by atoms with E-state index < -0.39 is 5.60 Å². The summed E-state index contributed by atoms with van der Waals surface area (Å²) in [6.45, 7) is 1.66. The highest BCUT2D eigenvalue weighted by Gasteiger charge is 2.40. The van der Waals surface area contributed by atoms with Gasteiger partial charge >= 0.3 is 0 Å². The van der Waals surface area contributed by atoms with Gasteiger partial charge < -0.3 is 14.9 Å². The van der Waals surface area contributed by atoms with Crippen molar-refractivity contribution in [2.24, 2.45) is 0 Å². The zero-order valence-electron chi connectivity index (χ0n) is 11.9. The van der Waals surface area contributed by atoms with Crippen LogP contribution in [0.5, 0.6) is 11.5 Å². The minimum absolute atomic E-state index is 0.0427. The first-order valence-corrected chi connectivity index (χ1v) is 6.79. The topological polar surface area (TPSA) is 83.8 Å². The predicted octanol–water partition coefficient (Wildman–Crippen LogP) is 2.01. The zero-order chi connectivity index (χ0) is 15.4. The van der Waals surface area contributed by atoms with Gasteiger partial charge in [-0.05, 0) is 25.8 Å². The molecule has 1 aromatic rings. The second-order valence-corrected chi connectivity index (χ2v) is 5.86. The number of benzene rings is 1. The number of fused-ring (bicyclic) bond motifs is 1. The maximum absolute atomic E-state index is 12.6. The molecule has 0 heterocycles. The van der Waals surface area contributed by atoms with E-state index in [4.69, 9.17) is 4.74 Å². The molecular weight excluding hydrogens is 272 g/mol. The molecule has 0 saturated carbocycles. The summed E-state index contributed by atoms with van der Waals surface area (Å²) < 4.78 is 5.03. The molecule has 1 atom stereocenters. The number of methoxy groups -OCH3 is 1. The third-order valence-corrected chi connectivity index (χ3v) is 4.18. The van der Waals surface area contributed by atoms with Crippen LogP contribution in [0.3, 0.4) is 0 Å². The largest absolute Gasteiger partial charge is 0.507 e. The lowest BCUT2D eigenvalue weighted by molar-refractivity contribution is 0.0432. The Morgan fingerprint density at radius 3 is 2.57 bits per heavy atom. The quantitative estimate of drug-likeness (QED) is 0.826. The number of carbonyl (C=O) groups is 2. The molecule has 2 aliphatic carbocycles. The summed E-state index contributed by atoms with van der Waals surface area (Å²) in [5.41, 5.74) is -0.0158. The van der Waals surface area contributed by atoms with Crippen LogP contribution < -0.4 is 4.74 Å². The lowest BCUT2D eigenvalue weighted by Crippen LogP contribution is -2.35. The number of aromatic hydroxyl groups is 1. The molecule has 0 fully saturated rings. The van der Waals surface area contributed by atoms with Crippen molar-refractivity contribution in [2.75, 3.05) is 7.11 Å². The van der Waals surface area contributed by atoms with Gasteiger partial charge in [-0.1, -0.05) is 0 Å². The van der Waals surface area contributed by atoms with Crippen LogP contribution >= 0.6 is 0 Å². The SMILES string of the molecule is COc1cc(O)c2c(c1)C(=O)C1=C(CC[C@](C)(O)C1)C2=O. The fraction of sp³-hybridized carbons (Fsp3) is 0.375. The summed E-state index contributed by atoms with van der Waals surface area (Å²) in [5.74, 6) is -0.561. The van der Waals surface area contributed by atoms with Crippen LogP contribution in [0.4, 0.5) is 0 Å². The fourth-order valence-electron chi connectivity index (χ4n) is 3.04. The Kier molecular flexibility index (Phi) is 2.92. The summed E-state index contributed by atoms with van der Waals surface area (Å²) in [7, 11) is 1.42. The summed E-state index contributed by atoms with van der Waals surface area (Å²) in [6, 6.07) is 2.79. The van der Waals surface area contributed by atoms with Crippen molar-refractivity contribution in [3.8, 4) is 11.5 Å². The molecule has 2 N–H and O–H groups in total. The number of carbonyl (C=O) groups excluding carboxylic acids is 2. The Bertz CT molecular complexity index is 697. The maximum atomic E-state index is 12.6. The third kappa shape index (κ3) is 2.05. The van der Waals surface area contributed by atoms with Gasteiger partial charge in [-0.2, -0.15) is 0 Å². The Balaban J connectivity index is 2.19. The van der Waals surface area contributed by atoms with E-state index in [-0.39, 0.29) is 34.9 Å². The minimum atomic E-state index is -0.979. The molecule has 0 aliphatic heterocycles. The number of ketones is 2. The second-order valence-electron chi connectivity index (χ2n) is 5.86. The molecule has 5 heteroatoms. The maximum Gasteiger partial charge on any atom is 0.193 e. The van der Waals surface area contributed by atoms with Crippen LogP contribution in [-0.2, 0) is 0 Å². The van der Waals surface area contributed by atoms with Crippen molar-refractivity contribution in [3.05, 3.63) is 34.4 Å². The first-order valence-electron chi connectivity index (χ1n) is 6.79. The molecule has 1 aromatic carbocycles. The first-order chi connectivity index (χ1) is 9.84. The van der Waals surface area contributed by atoms with Gasteiger partial charge in [0.15, 0.2) is 11.6 Å². The smallest absolute Gasteiger partial charge is 0.193 e. The van der Waals surface area contributed by atoms with Crippen LogP contribution in [0.25, 0.3) is 0 Å². The van der Waals surface area contributed by atoms with Gasteiger partial charge in [0.1, 0.15) is 11.5 Å². The summed E-state index contributed by atoms with van der Waals surface area (Å²) in [4.78, 5) is 25.2. The van der Waals surface area contributed by atoms with Gasteiger partial charge in [0.25, 0.3) is 0 Å². The normalized spacial score (nSPS) is 24.7. The van der Waals surface area contributed by atoms with Crippen molar-refractivity contribution >= 4 is 11.6 Å². The van der Waals surface area contributed by atoms with Crippen LogP contribution in [0, 0.1) is 0 Å². The number of ether oxygens (including phenoxy) is 1. The molecule has 0 amide bonds. The van der Waals surface area contributed by atoms with Gasteiger partial charge in [0.05, 0.1) is 18.3 Å². The number of hydrogen-bond acceptors (Lipinski definition) is 5. The van der Waals surface area contributed by atoms with Crippen molar-refractivity contribution in [1.29, 1.82) is 0 Å². The van der Waals surface area contributed by atoms with Crippen molar-refractivity contribution in [3.63, 3.8) is 0 Å². The van der Waals surface area contributed by atoms with Gasteiger partial charge in [0.2, 0.25) is 0 Å². The summed E-state index contributed by atoms with van der Waals surface area (Å²) in [6.07, 6.45) is 0.930. The van der Waals surface area contributed by atoms with E-state index in [0.717, 1.165) is 0 Å². The van der Waals surface area contributed by atoms with Crippen molar-refractivity contribution in [1.82, 2.24) is 0 Å². The molecule has 5 nitrogen and oxygen atoms in total. The van der Waals surface area contributed by atoms with E-state index in [1.54, 1.807) is 6.92 Å². The number of allylic oxidation sites excluding steroid dienone is 1. The molecule has 0 aromatic heterocycles. The van der Waals surface area contributed by atoms with Gasteiger partial charge in [-0.25, -0.2) is 0 Å². The standard InChI is InChI=1S/C16H16O5/c1-16(20)4-3-9-11(7-16)14(18)10-5-8(21-2)6-12(17)13(10)15(9)19/h5-6,17,20H,3-4,7H2,1-2H3/t16-/m0/s1. The highest BCUT2D eigenvalue weighted by Crippen LogP contribution is 2.42. The molecule has 0 bridgehead atoms. The molecular formula is C16H16O5. The number of Topliss-reactive ketones (excluding diaryl/α,β-unsaturated/α-hetero) is 2. The van der Waals surface area contributed by atoms with Gasteiger partial charge in [-0.3, -0.25) is 9.59 Å². The average Bonchev–Trinajstić information content (AvgIpc) is 2.42. The van der Waals surface area contributed by atoms with E-state index in [0.29, 0.717) is 29.7 Å². The number of phenolic OH excluding ortho intramolecular Hbond substituents is 1. The van der Waals surface area contributed by atoms with Crippen LogP contribution in [0.15, 0.2) is 23.3 Å². The highest BCUT2D eigenvalue weighted by molar-refractivity contribution is 6.28. The fourth-order valence-corrected chi connectivity index (χ4v) is 3.04. The van der Waals surface area contributed by atoms with E-state index in [9.17, 15) is 19.8 Å². The Morgan fingerprint density at radius 1 is 1.19 bits per heavy atom. The van der Waals surface area contributed by atoms with Gasteiger partial charge in [0, 0.05) is 29.2 Å². The third-order valence-electron chi connectivity index (χ3n) is 4.18. The molecule has 0 radical (unpaired) electrons. The minimum Gasteiger partial charge on any atom is -0.507 e. The lowest BCUT2D eigenvalue weighted by atomic mass is 9.72. The molecule has 2 aliphatic rings. The highest BCUT2D eigenvalue weighted by atomic mass is 16.5. The Hall–Kier alpha value is -2.14. The monoisotopic (exact) mass is 288 g/mol. The average molecular weight is 288 g/mol. The van der Waals surface area contributed by atoms with Crippen molar-refractivity contribution in [2.45, 2.75) is 31.8 Å². The molecule has 0 saturated heterocycles. The Labute approximate surface area is 121 Å². The van der Waals surface area contributed by atoms with E-state index >= 15 is 0 Å². The first kappa shape index (κ1) is 13.8. The van der Waals surface area contributed by atoms with Crippen LogP contribution in [0.1, 0.15) is 46.9 Å². The Morgan fingerprint density at radius 2 is 1.90 bits per heavy atom. The number of phenols is 1. The summed E-state index contributed by atoms with van der Waals surface area (Å²) in [5, 5.41) is 20.2. The molecule has 21 heavy (non-hydrogen) atoms. The van der Waals surface area contributed by atoms with Gasteiger partial charge in [-0.15, -0.1) is 0 Å². The predicted molar refractivity (Wildman–Crippen MR) is 74.8 cm³/mol. The van der Waals surface area contributed by atoms with E-state index in [1.165, 1.54) is 19.2 Å². The number of aliphatic hydroxyl groups is 1. The van der Waals surface area contributed by atoms with E-state index in [2.05, 4.69) is 0 Å². The zero-order valence-corrected chi connectivity index (χ0v) is 11.9. The van der Waals surface area contributed by atoms with E-state index in [1.807, 2.05) is 0 Å². The number of hydrogen-bond donors (Lipinski definition) is 2. The lowest BCUT2D eigenvalue weighted by Gasteiger charge is -2.33. The summed E-state index contributed by atoms with van der Waals surface area (Å²) >= 11 is 0. The molecule has 0 unspecified atom stereocenters. The van der Waals surface area contributed by atoms with Crippen molar-refractivity contribution < 1.29 is 24.5 Å². The second kappa shape index (κ2) is 4.43.